The van der Waals surface area contributed by atoms with Gasteiger partial charge in [-0.2, -0.15) is 0 Å². The summed E-state index contributed by atoms with van der Waals surface area (Å²) in [5, 5.41) is 6.67. The van der Waals surface area contributed by atoms with Gasteiger partial charge in [0.25, 0.3) is 5.91 Å². The number of rotatable bonds is 5. The van der Waals surface area contributed by atoms with Crippen LogP contribution in [0.3, 0.4) is 0 Å². The molecule has 0 spiro atoms. The van der Waals surface area contributed by atoms with Crippen LogP contribution in [0.25, 0.3) is 0 Å². The average molecular weight is 302 g/mol. The Kier molecular flexibility index (Phi) is 4.85. The Balaban J connectivity index is 2.18. The van der Waals surface area contributed by atoms with Gasteiger partial charge < -0.3 is 14.6 Å². The number of hydrogen-bond acceptors (Lipinski definition) is 4. The lowest BCUT2D eigenvalue weighted by atomic mass is 10.1. The van der Waals surface area contributed by atoms with Crippen LogP contribution >= 0.6 is 0 Å². The molecule has 0 radical (unpaired) electrons. The first kappa shape index (κ1) is 16.1. The number of aryl methyl sites for hydroxylation is 2. The second kappa shape index (κ2) is 6.64. The molecule has 118 valence electrons. The van der Waals surface area contributed by atoms with Crippen LogP contribution in [-0.2, 0) is 6.61 Å². The number of carbonyl (C=O) groups excluding carboxylic acids is 1. The molecule has 0 unspecified atom stereocenters. The van der Waals surface area contributed by atoms with E-state index in [-0.39, 0.29) is 24.2 Å². The van der Waals surface area contributed by atoms with E-state index in [1.54, 1.807) is 6.92 Å². The van der Waals surface area contributed by atoms with Crippen LogP contribution in [0.15, 0.2) is 22.7 Å². The fourth-order valence-corrected chi connectivity index (χ4v) is 2.10. The number of amides is 1. The Hall–Kier alpha value is -2.30. The smallest absolute Gasteiger partial charge is 0.274 e. The highest BCUT2D eigenvalue weighted by molar-refractivity contribution is 5.93. The maximum atomic E-state index is 12.1. The van der Waals surface area contributed by atoms with Crippen LogP contribution in [0, 0.1) is 20.8 Å². The van der Waals surface area contributed by atoms with Gasteiger partial charge in [0, 0.05) is 6.04 Å². The van der Waals surface area contributed by atoms with Crippen LogP contribution in [0.5, 0.6) is 5.75 Å². The van der Waals surface area contributed by atoms with Gasteiger partial charge in [-0.3, -0.25) is 4.79 Å². The van der Waals surface area contributed by atoms with E-state index in [4.69, 9.17) is 9.26 Å². The molecule has 0 aliphatic carbocycles. The van der Waals surface area contributed by atoms with Gasteiger partial charge in [0.1, 0.15) is 18.1 Å². The largest absolute Gasteiger partial charge is 0.488 e. The molecule has 0 saturated carbocycles. The molecule has 1 aromatic heterocycles. The maximum Gasteiger partial charge on any atom is 0.274 e. The van der Waals surface area contributed by atoms with Crippen molar-refractivity contribution in [3.63, 3.8) is 0 Å². The second-order valence-electron chi connectivity index (χ2n) is 5.68. The molecular formula is C17H22N2O3. The molecule has 0 aliphatic heterocycles. The predicted octanol–water partition coefficient (Wildman–Crippen LogP) is 3.32. The van der Waals surface area contributed by atoms with Gasteiger partial charge in [-0.15, -0.1) is 0 Å². The molecule has 2 rings (SSSR count). The first-order valence-corrected chi connectivity index (χ1v) is 7.35. The quantitative estimate of drug-likeness (QED) is 0.920. The molecule has 0 aliphatic rings. The fourth-order valence-electron chi connectivity index (χ4n) is 2.10. The van der Waals surface area contributed by atoms with E-state index >= 15 is 0 Å². The van der Waals surface area contributed by atoms with Crippen molar-refractivity contribution in [1.82, 2.24) is 10.5 Å². The Morgan fingerprint density at radius 1 is 1.32 bits per heavy atom. The van der Waals surface area contributed by atoms with Crippen LogP contribution < -0.4 is 10.1 Å². The zero-order chi connectivity index (χ0) is 16.3. The Labute approximate surface area is 130 Å². The first-order chi connectivity index (χ1) is 10.4. The summed E-state index contributed by atoms with van der Waals surface area (Å²) in [7, 11) is 0. The topological polar surface area (TPSA) is 64.4 Å². The Morgan fingerprint density at radius 2 is 2.05 bits per heavy atom. The van der Waals surface area contributed by atoms with Crippen molar-refractivity contribution in [1.29, 1.82) is 0 Å². The van der Waals surface area contributed by atoms with Crippen molar-refractivity contribution < 1.29 is 14.1 Å². The van der Waals surface area contributed by atoms with Gasteiger partial charge in [0.05, 0.1) is 5.56 Å². The monoisotopic (exact) mass is 302 g/mol. The molecule has 22 heavy (non-hydrogen) atoms. The van der Waals surface area contributed by atoms with E-state index in [1.165, 1.54) is 0 Å². The molecular weight excluding hydrogens is 280 g/mol. The number of nitrogens with zero attached hydrogens (tertiary/aromatic N) is 1. The molecule has 0 bridgehead atoms. The molecule has 5 nitrogen and oxygen atoms in total. The van der Waals surface area contributed by atoms with Crippen LogP contribution in [-0.4, -0.2) is 17.1 Å². The molecule has 5 heteroatoms. The summed E-state index contributed by atoms with van der Waals surface area (Å²) in [5.41, 5.74) is 3.22. The summed E-state index contributed by atoms with van der Waals surface area (Å²) >= 11 is 0. The standard InChI is InChI=1S/C17H22N2O3/c1-10(2)18-17(20)16-14(13(5)22-19-16)9-21-15-8-6-7-11(3)12(15)4/h6-8,10H,9H2,1-5H3,(H,18,20). The van der Waals surface area contributed by atoms with E-state index in [1.807, 2.05) is 45.9 Å². The van der Waals surface area contributed by atoms with Crippen molar-refractivity contribution in [2.45, 2.75) is 47.3 Å². The summed E-state index contributed by atoms with van der Waals surface area (Å²) in [4.78, 5) is 12.1. The SMILES string of the molecule is Cc1cccc(OCc2c(C(=O)NC(C)C)noc2C)c1C. The molecule has 0 saturated heterocycles. The predicted molar refractivity (Wildman–Crippen MR) is 84.1 cm³/mol. The first-order valence-electron chi connectivity index (χ1n) is 7.35. The Morgan fingerprint density at radius 3 is 2.73 bits per heavy atom. The highest BCUT2D eigenvalue weighted by atomic mass is 16.5. The van der Waals surface area contributed by atoms with Crippen LogP contribution in [0.2, 0.25) is 0 Å². The van der Waals surface area contributed by atoms with E-state index in [0.29, 0.717) is 11.3 Å². The maximum absolute atomic E-state index is 12.1. The van der Waals surface area contributed by atoms with Crippen molar-refractivity contribution in [3.05, 3.63) is 46.3 Å². The third-order valence-corrected chi connectivity index (χ3v) is 3.55. The fraction of sp³-hybridized carbons (Fsp3) is 0.412. The molecule has 1 amide bonds. The normalized spacial score (nSPS) is 10.8. The Bertz CT molecular complexity index is 675. The lowest BCUT2D eigenvalue weighted by molar-refractivity contribution is 0.0932. The molecule has 1 N–H and O–H groups in total. The van der Waals surface area contributed by atoms with Gasteiger partial charge >= 0.3 is 0 Å². The highest BCUT2D eigenvalue weighted by Crippen LogP contribution is 2.23. The molecule has 1 heterocycles. The van der Waals surface area contributed by atoms with E-state index in [0.717, 1.165) is 16.9 Å². The third kappa shape index (κ3) is 3.47. The number of ether oxygens (including phenoxy) is 1. The lowest BCUT2D eigenvalue weighted by Crippen LogP contribution is -2.31. The number of aromatic nitrogens is 1. The molecule has 0 atom stereocenters. The van der Waals surface area contributed by atoms with Crippen LogP contribution in [0.4, 0.5) is 0 Å². The van der Waals surface area contributed by atoms with Gasteiger partial charge in [0.15, 0.2) is 5.69 Å². The summed E-state index contributed by atoms with van der Waals surface area (Å²) in [6, 6.07) is 5.94. The van der Waals surface area contributed by atoms with Crippen molar-refractivity contribution >= 4 is 5.91 Å². The molecule has 2 aromatic rings. The summed E-state index contributed by atoms with van der Waals surface area (Å²) in [6.07, 6.45) is 0. The minimum absolute atomic E-state index is 0.0392. The van der Waals surface area contributed by atoms with Crippen molar-refractivity contribution in [2.24, 2.45) is 0 Å². The second-order valence-corrected chi connectivity index (χ2v) is 5.68. The number of benzene rings is 1. The number of carbonyl (C=O) groups is 1. The average Bonchev–Trinajstić information content (AvgIpc) is 2.81. The zero-order valence-electron chi connectivity index (χ0n) is 13.7. The van der Waals surface area contributed by atoms with Gasteiger partial charge in [-0.05, 0) is 51.8 Å². The third-order valence-electron chi connectivity index (χ3n) is 3.55. The van der Waals surface area contributed by atoms with Gasteiger partial charge in [-0.25, -0.2) is 0 Å². The summed E-state index contributed by atoms with van der Waals surface area (Å²) in [5.74, 6) is 1.15. The zero-order valence-corrected chi connectivity index (χ0v) is 13.7. The number of nitrogens with one attached hydrogen (secondary N) is 1. The van der Waals surface area contributed by atoms with Gasteiger partial charge in [0.2, 0.25) is 0 Å². The lowest BCUT2D eigenvalue weighted by Gasteiger charge is -2.11. The molecule has 0 fully saturated rings. The molecule has 1 aromatic carbocycles. The summed E-state index contributed by atoms with van der Waals surface area (Å²) < 4.78 is 11.0. The van der Waals surface area contributed by atoms with Crippen molar-refractivity contribution in [3.8, 4) is 5.75 Å². The number of hydrogen-bond donors (Lipinski definition) is 1. The van der Waals surface area contributed by atoms with E-state index in [9.17, 15) is 4.79 Å². The minimum atomic E-state index is -0.244. The van der Waals surface area contributed by atoms with E-state index in [2.05, 4.69) is 10.5 Å². The highest BCUT2D eigenvalue weighted by Gasteiger charge is 2.21. The van der Waals surface area contributed by atoms with Crippen molar-refractivity contribution in [2.75, 3.05) is 0 Å². The van der Waals surface area contributed by atoms with Crippen LogP contribution in [0.1, 0.15) is 46.8 Å². The van der Waals surface area contributed by atoms with E-state index < -0.39 is 0 Å². The van der Waals surface area contributed by atoms with Gasteiger partial charge in [-0.1, -0.05) is 17.3 Å². The summed E-state index contributed by atoms with van der Waals surface area (Å²) in [6.45, 7) is 9.88. The minimum Gasteiger partial charge on any atom is -0.488 e.